The molecule has 200 valence electrons. The highest BCUT2D eigenvalue weighted by atomic mass is 35.5. The lowest BCUT2D eigenvalue weighted by Crippen LogP contribution is -2.31. The summed E-state index contributed by atoms with van der Waals surface area (Å²) < 4.78 is 41.3. The number of benzene rings is 2. The summed E-state index contributed by atoms with van der Waals surface area (Å²) in [6.45, 7) is 5.14. The molecule has 2 aromatic carbocycles. The molecular weight excluding hydrogens is 527 g/mol. The van der Waals surface area contributed by atoms with Gasteiger partial charge in [-0.2, -0.15) is 18.3 Å². The zero-order chi connectivity index (χ0) is 27.3. The first-order valence-electron chi connectivity index (χ1n) is 12.8. The van der Waals surface area contributed by atoms with E-state index in [2.05, 4.69) is 52.0 Å². The number of fused-ring (bicyclic) bond motifs is 2. The summed E-state index contributed by atoms with van der Waals surface area (Å²) in [5.74, 6) is 0.240. The van der Waals surface area contributed by atoms with Crippen molar-refractivity contribution < 1.29 is 13.2 Å². The van der Waals surface area contributed by atoms with Crippen molar-refractivity contribution in [1.82, 2.24) is 29.7 Å². The molecule has 3 aromatic heterocycles. The first kappa shape index (κ1) is 25.4. The normalized spacial score (nSPS) is 13.7. The average Bonchev–Trinajstić information content (AvgIpc) is 3.55. The molecule has 1 N–H and O–H groups in total. The number of para-hydroxylation sites is 1. The molecule has 7 nitrogen and oxygen atoms in total. The fourth-order valence-corrected chi connectivity index (χ4v) is 5.49. The molecule has 11 heteroatoms. The molecule has 0 saturated carbocycles. The maximum atomic E-state index is 13.1. The number of hydrogen-bond donors (Lipinski definition) is 1. The van der Waals surface area contributed by atoms with Gasteiger partial charge in [-0.1, -0.05) is 43.6 Å². The van der Waals surface area contributed by atoms with E-state index in [1.165, 1.54) is 0 Å². The second kappa shape index (κ2) is 9.68. The highest BCUT2D eigenvalue weighted by molar-refractivity contribution is 6.34. The van der Waals surface area contributed by atoms with Crippen LogP contribution in [0, 0.1) is 0 Å². The van der Waals surface area contributed by atoms with Crippen molar-refractivity contribution in [3.8, 4) is 16.9 Å². The zero-order valence-electron chi connectivity index (χ0n) is 21.3. The number of aromatic amines is 1. The summed E-state index contributed by atoms with van der Waals surface area (Å²) >= 11 is 6.88. The number of aryl methyl sites for hydroxylation is 2. The Labute approximate surface area is 227 Å². The summed E-state index contributed by atoms with van der Waals surface area (Å²) in [7, 11) is 0. The van der Waals surface area contributed by atoms with Gasteiger partial charge in [-0.3, -0.25) is 0 Å². The molecule has 0 aliphatic carbocycles. The van der Waals surface area contributed by atoms with Crippen molar-refractivity contribution in [1.29, 1.82) is 0 Å². The van der Waals surface area contributed by atoms with Gasteiger partial charge in [-0.15, -0.1) is 0 Å². The minimum Gasteiger partial charge on any atom is -0.345 e. The number of alkyl halides is 3. The first-order chi connectivity index (χ1) is 18.8. The van der Waals surface area contributed by atoms with E-state index in [1.54, 1.807) is 6.33 Å². The molecule has 0 spiro atoms. The lowest BCUT2D eigenvalue weighted by molar-refractivity contribution is -0.138. The second-order valence-corrected chi connectivity index (χ2v) is 9.92. The fraction of sp³-hybridized carbons (Fsp3) is 0.286. The van der Waals surface area contributed by atoms with Crippen LogP contribution in [-0.2, 0) is 32.0 Å². The molecule has 0 fully saturated rings. The lowest BCUT2D eigenvalue weighted by Gasteiger charge is -2.27. The average molecular weight is 552 g/mol. The Morgan fingerprint density at radius 2 is 1.74 bits per heavy atom. The number of H-pyrrole nitrogens is 1. The predicted octanol–water partition coefficient (Wildman–Crippen LogP) is 6.57. The molecule has 0 amide bonds. The quantitative estimate of drug-likeness (QED) is 0.267. The number of rotatable bonds is 5. The Morgan fingerprint density at radius 1 is 1.03 bits per heavy atom. The molecule has 0 unspecified atom stereocenters. The number of hydrogen-bond acceptors (Lipinski definition) is 5. The summed E-state index contributed by atoms with van der Waals surface area (Å²) in [6.07, 6.45) is 1.02. The van der Waals surface area contributed by atoms with Gasteiger partial charge in [0.2, 0.25) is 5.95 Å². The van der Waals surface area contributed by atoms with Crippen LogP contribution in [0.15, 0.2) is 49.1 Å². The molecule has 1 aliphatic heterocycles. The Hall–Kier alpha value is -3.92. The second-order valence-electron chi connectivity index (χ2n) is 9.51. The van der Waals surface area contributed by atoms with Gasteiger partial charge in [0.05, 0.1) is 45.0 Å². The van der Waals surface area contributed by atoms with E-state index in [9.17, 15) is 13.2 Å². The Kier molecular flexibility index (Phi) is 6.29. The minimum absolute atomic E-state index is 0.240. The molecular formula is C28H25ClF3N7. The minimum atomic E-state index is -4.49. The van der Waals surface area contributed by atoms with E-state index in [0.717, 1.165) is 75.6 Å². The number of halogens is 4. The highest BCUT2D eigenvalue weighted by Gasteiger charge is 2.33. The van der Waals surface area contributed by atoms with E-state index in [0.29, 0.717) is 24.5 Å². The Bertz CT molecular complexity index is 1650. The van der Waals surface area contributed by atoms with E-state index >= 15 is 0 Å². The Morgan fingerprint density at radius 3 is 2.41 bits per heavy atom. The van der Waals surface area contributed by atoms with Crippen molar-refractivity contribution >= 4 is 28.6 Å². The molecule has 0 bridgehead atoms. The van der Waals surface area contributed by atoms with E-state index in [1.807, 2.05) is 21.7 Å². The smallest absolute Gasteiger partial charge is 0.345 e. The third-order valence-corrected chi connectivity index (χ3v) is 7.54. The largest absolute Gasteiger partial charge is 0.419 e. The fourth-order valence-electron chi connectivity index (χ4n) is 5.24. The van der Waals surface area contributed by atoms with Crippen molar-refractivity contribution in [2.45, 2.75) is 45.8 Å². The van der Waals surface area contributed by atoms with E-state index in [-0.39, 0.29) is 5.95 Å². The molecule has 1 aliphatic rings. The van der Waals surface area contributed by atoms with Crippen molar-refractivity contribution in [2.24, 2.45) is 0 Å². The maximum Gasteiger partial charge on any atom is 0.419 e. The number of imidazole rings is 1. The number of nitrogens with one attached hydrogen (secondary N) is 1. The van der Waals surface area contributed by atoms with Crippen LogP contribution in [0.1, 0.15) is 41.8 Å². The van der Waals surface area contributed by atoms with Crippen LogP contribution < -0.4 is 4.90 Å². The van der Waals surface area contributed by atoms with Crippen molar-refractivity contribution in [3.63, 3.8) is 0 Å². The van der Waals surface area contributed by atoms with Gasteiger partial charge < -0.3 is 9.88 Å². The molecule has 39 heavy (non-hydrogen) atoms. The topological polar surface area (TPSA) is 75.5 Å². The highest BCUT2D eigenvalue weighted by Crippen LogP contribution is 2.40. The summed E-state index contributed by atoms with van der Waals surface area (Å²) in [5.41, 5.74) is 7.56. The molecule has 4 heterocycles. The summed E-state index contributed by atoms with van der Waals surface area (Å²) in [6, 6.07) is 10.1. The zero-order valence-corrected chi connectivity index (χ0v) is 22.1. The molecule has 0 radical (unpaired) electrons. The first-order valence-corrected chi connectivity index (χ1v) is 13.1. The number of anilines is 1. The van der Waals surface area contributed by atoms with Gasteiger partial charge in [0.25, 0.3) is 0 Å². The maximum absolute atomic E-state index is 13.1. The van der Waals surface area contributed by atoms with Crippen LogP contribution in [0.3, 0.4) is 0 Å². The third kappa shape index (κ3) is 4.42. The Balaban J connectivity index is 1.54. The molecule has 6 rings (SSSR count). The van der Waals surface area contributed by atoms with Gasteiger partial charge in [-0.05, 0) is 36.1 Å². The van der Waals surface area contributed by atoms with Crippen LogP contribution in [0.25, 0.3) is 28.0 Å². The van der Waals surface area contributed by atoms with E-state index in [4.69, 9.17) is 16.7 Å². The predicted molar refractivity (Wildman–Crippen MR) is 144 cm³/mol. The lowest BCUT2D eigenvalue weighted by atomic mass is 9.99. The van der Waals surface area contributed by atoms with Gasteiger partial charge in [0.15, 0.2) is 0 Å². The monoisotopic (exact) mass is 551 g/mol. The van der Waals surface area contributed by atoms with Crippen molar-refractivity contribution in [2.75, 3.05) is 11.4 Å². The van der Waals surface area contributed by atoms with Crippen LogP contribution in [0.4, 0.5) is 19.1 Å². The number of aromatic nitrogens is 6. The molecule has 0 atom stereocenters. The van der Waals surface area contributed by atoms with Gasteiger partial charge in [0.1, 0.15) is 0 Å². The standard InChI is InChI=1S/C28H25ClF3N7/c1-3-16-6-5-7-17(4-2)25(16)39-26(19-10-23-24(11-21(19)29)36-15-35-23)20-14-38(9-8-22(20)37-39)27-33-12-18(13-34-27)28(30,31)32/h5-7,10-13,15H,3-4,8-9,14H2,1-2H3,(H,35,36). The number of nitrogens with zero attached hydrogens (tertiary/aromatic N) is 6. The van der Waals surface area contributed by atoms with Crippen LogP contribution in [0.5, 0.6) is 0 Å². The molecule has 5 aromatic rings. The van der Waals surface area contributed by atoms with Crippen LogP contribution in [0.2, 0.25) is 5.02 Å². The SMILES string of the molecule is CCc1cccc(CC)c1-n1nc2c(c1-c1cc3nc[nH]c3cc1Cl)CN(c1ncc(C(F)(F)F)cn1)CC2. The van der Waals surface area contributed by atoms with Crippen LogP contribution in [-0.4, -0.2) is 36.3 Å². The van der Waals surface area contributed by atoms with Gasteiger partial charge >= 0.3 is 6.18 Å². The van der Waals surface area contributed by atoms with E-state index < -0.39 is 11.7 Å². The summed E-state index contributed by atoms with van der Waals surface area (Å²) in [5, 5.41) is 5.66. The van der Waals surface area contributed by atoms with Gasteiger partial charge in [0, 0.05) is 43.0 Å². The van der Waals surface area contributed by atoms with Gasteiger partial charge in [-0.25, -0.2) is 19.6 Å². The summed E-state index contributed by atoms with van der Waals surface area (Å²) in [4.78, 5) is 17.5. The van der Waals surface area contributed by atoms with Crippen LogP contribution >= 0.6 is 11.6 Å². The van der Waals surface area contributed by atoms with Crippen molar-refractivity contribution in [3.05, 3.63) is 82.0 Å². The third-order valence-electron chi connectivity index (χ3n) is 7.22. The molecule has 0 saturated heterocycles.